The van der Waals surface area contributed by atoms with Gasteiger partial charge in [-0.15, -0.1) is 0 Å². The molecule has 0 unspecified atom stereocenters. The standard InChI is InChI=1S/C16H16BrF2NO/c1-11(14-4-2-3-5-15(14)17)20-10-12-6-8-13(9-7-12)21-16(18)19/h2-9,11,16,20H,10H2,1H3/t11-/m0/s1. The number of hydrogen-bond acceptors (Lipinski definition) is 2. The van der Waals surface area contributed by atoms with Crippen molar-refractivity contribution < 1.29 is 13.5 Å². The Morgan fingerprint density at radius 1 is 1.10 bits per heavy atom. The fourth-order valence-corrected chi connectivity index (χ4v) is 2.62. The highest BCUT2D eigenvalue weighted by Gasteiger charge is 2.08. The third kappa shape index (κ3) is 4.79. The third-order valence-corrected chi connectivity index (χ3v) is 3.85. The molecule has 0 aromatic heterocycles. The largest absolute Gasteiger partial charge is 0.435 e. The lowest BCUT2D eigenvalue weighted by atomic mass is 10.1. The molecule has 0 radical (unpaired) electrons. The fourth-order valence-electron chi connectivity index (χ4n) is 2.00. The van der Waals surface area contributed by atoms with Crippen LogP contribution < -0.4 is 10.1 Å². The maximum atomic E-state index is 12.1. The molecule has 0 aliphatic heterocycles. The maximum Gasteiger partial charge on any atom is 0.387 e. The summed E-state index contributed by atoms with van der Waals surface area (Å²) >= 11 is 3.53. The number of benzene rings is 2. The molecule has 112 valence electrons. The molecule has 0 spiro atoms. The van der Waals surface area contributed by atoms with E-state index in [1.807, 2.05) is 18.2 Å². The first-order valence-electron chi connectivity index (χ1n) is 6.58. The molecule has 2 rings (SSSR count). The van der Waals surface area contributed by atoms with E-state index in [9.17, 15) is 8.78 Å². The summed E-state index contributed by atoms with van der Waals surface area (Å²) in [5.41, 5.74) is 2.19. The third-order valence-electron chi connectivity index (χ3n) is 3.13. The minimum absolute atomic E-state index is 0.174. The Labute approximate surface area is 131 Å². The first-order chi connectivity index (χ1) is 10.1. The predicted octanol–water partition coefficient (Wildman–Crippen LogP) is 4.90. The van der Waals surface area contributed by atoms with Gasteiger partial charge in [0.05, 0.1) is 0 Å². The average molecular weight is 356 g/mol. The lowest BCUT2D eigenvalue weighted by molar-refractivity contribution is -0.0498. The summed E-state index contributed by atoms with van der Waals surface area (Å²) in [5.74, 6) is 0.174. The van der Waals surface area contributed by atoms with Crippen LogP contribution in [0, 0.1) is 0 Å². The van der Waals surface area contributed by atoms with Gasteiger partial charge in [-0.3, -0.25) is 0 Å². The van der Waals surface area contributed by atoms with E-state index >= 15 is 0 Å². The molecular weight excluding hydrogens is 340 g/mol. The van der Waals surface area contributed by atoms with Crippen LogP contribution in [0.1, 0.15) is 24.1 Å². The van der Waals surface area contributed by atoms with Gasteiger partial charge in [-0.05, 0) is 36.2 Å². The molecule has 0 heterocycles. The van der Waals surface area contributed by atoms with Crippen LogP contribution in [0.2, 0.25) is 0 Å². The molecule has 0 bridgehead atoms. The quantitative estimate of drug-likeness (QED) is 0.795. The highest BCUT2D eigenvalue weighted by Crippen LogP contribution is 2.23. The molecule has 0 aliphatic rings. The Morgan fingerprint density at radius 2 is 1.76 bits per heavy atom. The van der Waals surface area contributed by atoms with E-state index in [-0.39, 0.29) is 11.8 Å². The second-order valence-corrected chi connectivity index (χ2v) is 5.50. The molecule has 0 saturated carbocycles. The van der Waals surface area contributed by atoms with Gasteiger partial charge in [0, 0.05) is 17.1 Å². The number of ether oxygens (including phenoxy) is 1. The van der Waals surface area contributed by atoms with Gasteiger partial charge in [-0.25, -0.2) is 0 Å². The molecule has 0 saturated heterocycles. The molecule has 0 fully saturated rings. The van der Waals surface area contributed by atoms with Gasteiger partial charge in [0.2, 0.25) is 0 Å². The molecule has 0 aliphatic carbocycles. The van der Waals surface area contributed by atoms with E-state index in [0.717, 1.165) is 10.0 Å². The van der Waals surface area contributed by atoms with E-state index in [1.165, 1.54) is 5.56 Å². The lowest BCUT2D eigenvalue weighted by Gasteiger charge is -2.16. The van der Waals surface area contributed by atoms with Crippen LogP contribution in [-0.2, 0) is 6.54 Å². The highest BCUT2D eigenvalue weighted by molar-refractivity contribution is 9.10. The van der Waals surface area contributed by atoms with Crippen LogP contribution in [-0.4, -0.2) is 6.61 Å². The van der Waals surface area contributed by atoms with Crippen molar-refractivity contribution in [2.24, 2.45) is 0 Å². The van der Waals surface area contributed by atoms with Gasteiger partial charge in [0.1, 0.15) is 5.75 Å². The van der Waals surface area contributed by atoms with Gasteiger partial charge >= 0.3 is 6.61 Å². The molecule has 21 heavy (non-hydrogen) atoms. The van der Waals surface area contributed by atoms with Crippen LogP contribution in [0.4, 0.5) is 8.78 Å². The molecule has 2 nitrogen and oxygen atoms in total. The lowest BCUT2D eigenvalue weighted by Crippen LogP contribution is -2.18. The van der Waals surface area contributed by atoms with Gasteiger partial charge < -0.3 is 10.1 Å². The molecule has 1 N–H and O–H groups in total. The zero-order valence-corrected chi connectivity index (χ0v) is 13.1. The van der Waals surface area contributed by atoms with Crippen molar-refractivity contribution >= 4 is 15.9 Å². The molecule has 2 aromatic carbocycles. The van der Waals surface area contributed by atoms with E-state index in [1.54, 1.807) is 24.3 Å². The van der Waals surface area contributed by atoms with Gasteiger partial charge in [0.15, 0.2) is 0 Å². The van der Waals surface area contributed by atoms with Crippen molar-refractivity contribution in [2.75, 3.05) is 0 Å². The van der Waals surface area contributed by atoms with Gasteiger partial charge in [-0.1, -0.05) is 46.3 Å². The second kappa shape index (κ2) is 7.52. The molecular formula is C16H16BrF2NO. The number of alkyl halides is 2. The number of halogens is 3. The summed E-state index contributed by atoms with van der Waals surface area (Å²) in [7, 11) is 0. The highest BCUT2D eigenvalue weighted by atomic mass is 79.9. The van der Waals surface area contributed by atoms with E-state index in [0.29, 0.717) is 6.54 Å². The predicted molar refractivity (Wildman–Crippen MR) is 82.5 cm³/mol. The zero-order chi connectivity index (χ0) is 15.2. The van der Waals surface area contributed by atoms with Crippen LogP contribution in [0.15, 0.2) is 53.0 Å². The monoisotopic (exact) mass is 355 g/mol. The Balaban J connectivity index is 1.92. The smallest absolute Gasteiger partial charge is 0.387 e. The van der Waals surface area contributed by atoms with E-state index in [2.05, 4.69) is 39.0 Å². The number of hydrogen-bond donors (Lipinski definition) is 1. The fraction of sp³-hybridized carbons (Fsp3) is 0.250. The van der Waals surface area contributed by atoms with Crippen LogP contribution in [0.25, 0.3) is 0 Å². The minimum Gasteiger partial charge on any atom is -0.435 e. The topological polar surface area (TPSA) is 21.3 Å². The Kier molecular flexibility index (Phi) is 5.70. The average Bonchev–Trinajstić information content (AvgIpc) is 2.46. The maximum absolute atomic E-state index is 12.1. The number of rotatable bonds is 6. The Hall–Kier alpha value is -1.46. The van der Waals surface area contributed by atoms with Crippen molar-refractivity contribution in [2.45, 2.75) is 26.1 Å². The Bertz CT molecular complexity index is 575. The van der Waals surface area contributed by atoms with Crippen molar-refractivity contribution in [3.05, 3.63) is 64.1 Å². The van der Waals surface area contributed by atoms with Crippen molar-refractivity contribution in [3.63, 3.8) is 0 Å². The number of nitrogens with one attached hydrogen (secondary N) is 1. The summed E-state index contributed by atoms with van der Waals surface area (Å²) < 4.78 is 29.5. The summed E-state index contributed by atoms with van der Waals surface area (Å²) in [6.07, 6.45) is 0. The molecule has 5 heteroatoms. The minimum atomic E-state index is -2.79. The molecule has 0 amide bonds. The zero-order valence-electron chi connectivity index (χ0n) is 11.5. The van der Waals surface area contributed by atoms with Crippen LogP contribution >= 0.6 is 15.9 Å². The van der Waals surface area contributed by atoms with E-state index < -0.39 is 6.61 Å². The summed E-state index contributed by atoms with van der Waals surface area (Å²) in [4.78, 5) is 0. The summed E-state index contributed by atoms with van der Waals surface area (Å²) in [5, 5.41) is 3.40. The normalized spacial score (nSPS) is 12.4. The van der Waals surface area contributed by atoms with Crippen LogP contribution in [0.3, 0.4) is 0 Å². The van der Waals surface area contributed by atoms with Crippen LogP contribution in [0.5, 0.6) is 5.75 Å². The summed E-state index contributed by atoms with van der Waals surface area (Å²) in [6.45, 7) is -0.0596. The van der Waals surface area contributed by atoms with E-state index in [4.69, 9.17) is 0 Å². The molecule has 2 aromatic rings. The van der Waals surface area contributed by atoms with Gasteiger partial charge in [-0.2, -0.15) is 8.78 Å². The Morgan fingerprint density at radius 3 is 2.38 bits per heavy atom. The molecule has 1 atom stereocenters. The summed E-state index contributed by atoms with van der Waals surface area (Å²) in [6, 6.07) is 14.9. The SMILES string of the molecule is C[C@H](NCc1ccc(OC(F)F)cc1)c1ccccc1Br. The van der Waals surface area contributed by atoms with Crippen molar-refractivity contribution in [1.29, 1.82) is 0 Å². The first-order valence-corrected chi connectivity index (χ1v) is 7.37. The first kappa shape index (κ1) is 15.9. The van der Waals surface area contributed by atoms with Crippen molar-refractivity contribution in [1.82, 2.24) is 5.32 Å². The second-order valence-electron chi connectivity index (χ2n) is 4.65. The van der Waals surface area contributed by atoms with Crippen molar-refractivity contribution in [3.8, 4) is 5.75 Å². The van der Waals surface area contributed by atoms with Gasteiger partial charge in [0.25, 0.3) is 0 Å².